The molecule has 0 radical (unpaired) electrons. The Morgan fingerprint density at radius 1 is 1.03 bits per heavy atom. The number of phenolic OH excluding ortho intramolecular Hbond substituents is 1. The molecule has 1 fully saturated rings. The van der Waals surface area contributed by atoms with Crippen LogP contribution in [0.25, 0.3) is 0 Å². The van der Waals surface area contributed by atoms with Crippen LogP contribution in [0.2, 0.25) is 0 Å². The minimum Gasteiger partial charge on any atom is -0.502 e. The topological polar surface area (TPSA) is 69.6 Å². The Morgan fingerprint density at radius 2 is 1.62 bits per heavy atom. The molecule has 2 aromatic rings. The van der Waals surface area contributed by atoms with E-state index >= 15 is 0 Å². The molecule has 1 aliphatic rings. The summed E-state index contributed by atoms with van der Waals surface area (Å²) in [6.07, 6.45) is 3.91. The van der Waals surface area contributed by atoms with Crippen molar-refractivity contribution >= 4 is 35.6 Å². The first-order chi connectivity index (χ1) is 15.0. The zero-order valence-electron chi connectivity index (χ0n) is 19.4. The van der Waals surface area contributed by atoms with E-state index in [1.54, 1.807) is 19.2 Å². The third kappa shape index (κ3) is 6.57. The van der Waals surface area contributed by atoms with Gasteiger partial charge in [-0.3, -0.25) is 4.99 Å². The maximum atomic E-state index is 10.1. The highest BCUT2D eigenvalue weighted by Gasteiger charge is 2.14. The molecular formula is C24H35IN4O3. The lowest BCUT2D eigenvalue weighted by Gasteiger charge is -2.29. The second-order valence-electron chi connectivity index (χ2n) is 7.82. The Labute approximate surface area is 208 Å². The number of halogens is 1. The van der Waals surface area contributed by atoms with E-state index < -0.39 is 0 Å². The third-order valence-corrected chi connectivity index (χ3v) is 5.64. The van der Waals surface area contributed by atoms with Gasteiger partial charge < -0.3 is 29.7 Å². The van der Waals surface area contributed by atoms with Crippen LogP contribution in [0.3, 0.4) is 0 Å². The van der Waals surface area contributed by atoms with Gasteiger partial charge in [-0.15, -0.1) is 24.0 Å². The standard InChI is InChI=1S/C24H34N4O3.HI/c1-25-24(26-16-19-14-21(30-3)23(29)22(15-19)31-4)27(2)17-18-8-10-20(11-9-18)28-12-6-5-7-13-28;/h8-11,14-15,29H,5-7,12-13,16-17H2,1-4H3,(H,25,26);1H. The second-order valence-corrected chi connectivity index (χ2v) is 7.82. The number of aliphatic imine (C=N–C) groups is 1. The molecule has 1 heterocycles. The molecule has 0 aromatic heterocycles. The van der Waals surface area contributed by atoms with E-state index in [0.29, 0.717) is 18.0 Å². The number of piperidine rings is 1. The number of anilines is 1. The Bertz CT molecular complexity index is 858. The molecule has 3 rings (SSSR count). The number of rotatable bonds is 7. The van der Waals surface area contributed by atoms with Crippen molar-refractivity contribution in [2.75, 3.05) is 46.3 Å². The minimum absolute atomic E-state index is 0. The Balaban J connectivity index is 0.00000363. The highest BCUT2D eigenvalue weighted by atomic mass is 127. The monoisotopic (exact) mass is 554 g/mol. The third-order valence-electron chi connectivity index (χ3n) is 5.64. The van der Waals surface area contributed by atoms with Crippen molar-refractivity contribution in [1.82, 2.24) is 10.2 Å². The van der Waals surface area contributed by atoms with Gasteiger partial charge in [0, 0.05) is 46.0 Å². The Morgan fingerprint density at radius 3 is 2.16 bits per heavy atom. The number of hydrogen-bond donors (Lipinski definition) is 2. The highest BCUT2D eigenvalue weighted by molar-refractivity contribution is 14.0. The number of hydrogen-bond acceptors (Lipinski definition) is 5. The summed E-state index contributed by atoms with van der Waals surface area (Å²) < 4.78 is 10.5. The summed E-state index contributed by atoms with van der Waals surface area (Å²) >= 11 is 0. The number of nitrogens with one attached hydrogen (secondary N) is 1. The van der Waals surface area contributed by atoms with Crippen LogP contribution >= 0.6 is 24.0 Å². The summed E-state index contributed by atoms with van der Waals surface area (Å²) in [6, 6.07) is 12.4. The maximum absolute atomic E-state index is 10.1. The molecule has 0 saturated carbocycles. The number of guanidine groups is 1. The first kappa shape index (κ1) is 25.9. The van der Waals surface area contributed by atoms with Crippen LogP contribution in [0.4, 0.5) is 5.69 Å². The zero-order valence-corrected chi connectivity index (χ0v) is 21.8. The van der Waals surface area contributed by atoms with Gasteiger partial charge in [-0.05, 0) is 54.7 Å². The van der Waals surface area contributed by atoms with E-state index in [0.717, 1.165) is 31.2 Å². The molecule has 176 valence electrons. The maximum Gasteiger partial charge on any atom is 0.200 e. The smallest absolute Gasteiger partial charge is 0.200 e. The van der Waals surface area contributed by atoms with E-state index in [2.05, 4.69) is 44.4 Å². The molecule has 0 spiro atoms. The van der Waals surface area contributed by atoms with E-state index in [-0.39, 0.29) is 29.7 Å². The quantitative estimate of drug-likeness (QED) is 0.304. The fraction of sp³-hybridized carbons (Fsp3) is 0.458. The van der Waals surface area contributed by atoms with E-state index in [9.17, 15) is 5.11 Å². The van der Waals surface area contributed by atoms with Gasteiger partial charge in [-0.25, -0.2) is 0 Å². The van der Waals surface area contributed by atoms with Crippen molar-refractivity contribution in [3.8, 4) is 17.2 Å². The van der Waals surface area contributed by atoms with Gasteiger partial charge in [0.2, 0.25) is 5.75 Å². The lowest BCUT2D eigenvalue weighted by Crippen LogP contribution is -2.38. The fourth-order valence-corrected chi connectivity index (χ4v) is 3.93. The molecule has 8 heteroatoms. The summed E-state index contributed by atoms with van der Waals surface area (Å²) in [7, 11) is 6.84. The number of nitrogens with zero attached hydrogens (tertiary/aromatic N) is 3. The summed E-state index contributed by atoms with van der Waals surface area (Å²) in [4.78, 5) is 8.96. The lowest BCUT2D eigenvalue weighted by atomic mass is 10.1. The van der Waals surface area contributed by atoms with Crippen LogP contribution in [-0.4, -0.2) is 57.4 Å². The molecule has 1 aliphatic heterocycles. The zero-order chi connectivity index (χ0) is 22.2. The number of phenols is 1. The van der Waals surface area contributed by atoms with Crippen LogP contribution in [-0.2, 0) is 13.1 Å². The van der Waals surface area contributed by atoms with Crippen molar-refractivity contribution in [2.24, 2.45) is 4.99 Å². The molecule has 2 aromatic carbocycles. The predicted octanol–water partition coefficient (Wildman–Crippen LogP) is 4.23. The van der Waals surface area contributed by atoms with Crippen molar-refractivity contribution in [1.29, 1.82) is 0 Å². The first-order valence-electron chi connectivity index (χ1n) is 10.7. The van der Waals surface area contributed by atoms with Gasteiger partial charge >= 0.3 is 0 Å². The van der Waals surface area contributed by atoms with Crippen molar-refractivity contribution < 1.29 is 14.6 Å². The number of benzene rings is 2. The van der Waals surface area contributed by atoms with Crippen molar-refractivity contribution in [3.05, 3.63) is 47.5 Å². The molecule has 32 heavy (non-hydrogen) atoms. The predicted molar refractivity (Wildman–Crippen MR) is 141 cm³/mol. The average molecular weight is 554 g/mol. The van der Waals surface area contributed by atoms with E-state index in [4.69, 9.17) is 9.47 Å². The van der Waals surface area contributed by atoms with Crippen molar-refractivity contribution in [2.45, 2.75) is 32.4 Å². The number of aromatic hydroxyl groups is 1. The van der Waals surface area contributed by atoms with Gasteiger partial charge in [-0.2, -0.15) is 0 Å². The minimum atomic E-state index is 0. The normalized spacial score (nSPS) is 13.9. The number of ether oxygens (including phenoxy) is 2. The summed E-state index contributed by atoms with van der Waals surface area (Å²) in [5.74, 6) is 1.55. The molecule has 0 bridgehead atoms. The highest BCUT2D eigenvalue weighted by Crippen LogP contribution is 2.37. The Kier molecular flexibility index (Phi) is 10.2. The fourth-order valence-electron chi connectivity index (χ4n) is 3.93. The van der Waals surface area contributed by atoms with Crippen LogP contribution in [0.5, 0.6) is 17.2 Å². The molecule has 0 amide bonds. The van der Waals surface area contributed by atoms with Crippen LogP contribution in [0.15, 0.2) is 41.4 Å². The van der Waals surface area contributed by atoms with Crippen LogP contribution in [0, 0.1) is 0 Å². The average Bonchev–Trinajstić information content (AvgIpc) is 2.81. The van der Waals surface area contributed by atoms with Gasteiger partial charge in [0.1, 0.15) is 0 Å². The van der Waals surface area contributed by atoms with Gasteiger partial charge in [-0.1, -0.05) is 12.1 Å². The molecule has 1 saturated heterocycles. The molecular weight excluding hydrogens is 519 g/mol. The first-order valence-corrected chi connectivity index (χ1v) is 10.7. The molecule has 0 atom stereocenters. The number of methoxy groups -OCH3 is 2. The van der Waals surface area contributed by atoms with E-state index in [1.807, 2.05) is 7.05 Å². The molecule has 0 unspecified atom stereocenters. The van der Waals surface area contributed by atoms with Gasteiger partial charge in [0.25, 0.3) is 0 Å². The van der Waals surface area contributed by atoms with Crippen LogP contribution in [0.1, 0.15) is 30.4 Å². The van der Waals surface area contributed by atoms with Gasteiger partial charge in [0.15, 0.2) is 17.5 Å². The van der Waals surface area contributed by atoms with Gasteiger partial charge in [0.05, 0.1) is 14.2 Å². The summed E-state index contributed by atoms with van der Waals surface area (Å²) in [5.41, 5.74) is 3.47. The molecule has 7 nitrogen and oxygen atoms in total. The summed E-state index contributed by atoms with van der Waals surface area (Å²) in [6.45, 7) is 3.59. The van der Waals surface area contributed by atoms with Crippen LogP contribution < -0.4 is 19.7 Å². The van der Waals surface area contributed by atoms with E-state index in [1.165, 1.54) is 44.7 Å². The molecule has 2 N–H and O–H groups in total. The molecule has 0 aliphatic carbocycles. The second kappa shape index (κ2) is 12.6. The SMILES string of the molecule is CN=C(NCc1cc(OC)c(O)c(OC)c1)N(C)Cc1ccc(N2CCCCC2)cc1.I. The largest absolute Gasteiger partial charge is 0.502 e. The Hall–Kier alpha value is -2.36. The van der Waals surface area contributed by atoms with Crippen molar-refractivity contribution in [3.63, 3.8) is 0 Å². The lowest BCUT2D eigenvalue weighted by molar-refractivity contribution is 0.339. The summed E-state index contributed by atoms with van der Waals surface area (Å²) in [5, 5.41) is 13.5.